The monoisotopic (exact) mass is 227 g/mol. The highest BCUT2D eigenvalue weighted by molar-refractivity contribution is 5.82. The maximum atomic E-state index is 11.5. The molecule has 0 rings (SSSR count). The summed E-state index contributed by atoms with van der Waals surface area (Å²) < 4.78 is 0. The van der Waals surface area contributed by atoms with E-state index in [0.717, 1.165) is 12.8 Å². The van der Waals surface area contributed by atoms with Gasteiger partial charge in [0.05, 0.1) is 6.04 Å². The summed E-state index contributed by atoms with van der Waals surface area (Å²) in [5, 5.41) is 3.05. The normalized spacial score (nSPS) is 15.6. The molecule has 3 heteroatoms. The molecule has 2 unspecified atom stereocenters. The van der Waals surface area contributed by atoms with E-state index in [9.17, 15) is 9.59 Å². The van der Waals surface area contributed by atoms with Crippen molar-refractivity contribution in [2.45, 2.75) is 53.5 Å². The summed E-state index contributed by atoms with van der Waals surface area (Å²) in [5.74, 6) is 0.407. The van der Waals surface area contributed by atoms with Crippen molar-refractivity contribution >= 4 is 11.6 Å². The van der Waals surface area contributed by atoms with E-state index in [4.69, 9.17) is 0 Å². The maximum absolute atomic E-state index is 11.5. The molecule has 16 heavy (non-hydrogen) atoms. The van der Waals surface area contributed by atoms with E-state index in [1.165, 1.54) is 0 Å². The smallest absolute Gasteiger partial charge is 0.147 e. The van der Waals surface area contributed by atoms with E-state index in [-0.39, 0.29) is 28.9 Å². The molecule has 0 heterocycles. The molecule has 1 N–H and O–H groups in total. The molecule has 0 saturated heterocycles. The minimum absolute atomic E-state index is 0.0604. The van der Waals surface area contributed by atoms with Crippen molar-refractivity contribution < 1.29 is 9.59 Å². The highest BCUT2D eigenvalue weighted by Crippen LogP contribution is 2.31. The fourth-order valence-corrected chi connectivity index (χ4v) is 2.47. The molecule has 0 spiro atoms. The van der Waals surface area contributed by atoms with Crippen molar-refractivity contribution in [3.05, 3.63) is 0 Å². The van der Waals surface area contributed by atoms with Gasteiger partial charge in [-0.25, -0.2) is 0 Å². The van der Waals surface area contributed by atoms with Crippen LogP contribution in [0.25, 0.3) is 0 Å². The average Bonchev–Trinajstić information content (AvgIpc) is 2.13. The lowest BCUT2D eigenvalue weighted by Gasteiger charge is -2.34. The Morgan fingerprint density at radius 3 is 1.94 bits per heavy atom. The summed E-state index contributed by atoms with van der Waals surface area (Å²) in [5.41, 5.74) is -0.188. The molecule has 0 aliphatic heterocycles. The number of hydrogen-bond donors (Lipinski definition) is 1. The Morgan fingerprint density at radius 2 is 1.69 bits per heavy atom. The first-order valence-electron chi connectivity index (χ1n) is 5.94. The number of hydrogen-bond acceptors (Lipinski definition) is 3. The Balaban J connectivity index is 4.76. The van der Waals surface area contributed by atoms with Crippen LogP contribution in [0.3, 0.4) is 0 Å². The van der Waals surface area contributed by atoms with Crippen LogP contribution in [-0.2, 0) is 9.59 Å². The molecule has 0 bridgehead atoms. The third-order valence-electron chi connectivity index (χ3n) is 3.32. The van der Waals surface area contributed by atoms with Gasteiger partial charge < -0.3 is 5.32 Å². The van der Waals surface area contributed by atoms with Crippen molar-refractivity contribution in [2.75, 3.05) is 7.05 Å². The van der Waals surface area contributed by atoms with E-state index < -0.39 is 0 Å². The van der Waals surface area contributed by atoms with Crippen LogP contribution >= 0.6 is 0 Å². The van der Waals surface area contributed by atoms with Crippen LogP contribution < -0.4 is 5.32 Å². The van der Waals surface area contributed by atoms with Crippen molar-refractivity contribution in [1.82, 2.24) is 5.32 Å². The molecule has 0 aromatic carbocycles. The molecule has 0 fully saturated rings. The Labute approximate surface area is 99.0 Å². The minimum atomic E-state index is -0.188. The first-order valence-corrected chi connectivity index (χ1v) is 5.94. The van der Waals surface area contributed by atoms with Crippen molar-refractivity contribution in [1.29, 1.82) is 0 Å². The van der Waals surface area contributed by atoms with Crippen LogP contribution in [0.4, 0.5) is 0 Å². The van der Waals surface area contributed by atoms with E-state index in [0.29, 0.717) is 0 Å². The van der Waals surface area contributed by atoms with Crippen LogP contribution in [0.15, 0.2) is 0 Å². The standard InChI is InChI=1S/C13H25NO2/c1-7-11(9(2)15)8-13(4,5)12(14-6)10(3)16/h11-12,14H,7-8H2,1-6H3. The first-order chi connectivity index (χ1) is 7.26. The molecule has 2 atom stereocenters. The van der Waals surface area contributed by atoms with Crippen molar-refractivity contribution in [3.63, 3.8) is 0 Å². The molecular formula is C13H25NO2. The Hall–Kier alpha value is -0.700. The van der Waals surface area contributed by atoms with Crippen LogP contribution in [0.5, 0.6) is 0 Å². The number of Topliss-reactive ketones (excluding diaryl/α,β-unsaturated/α-hetero) is 2. The van der Waals surface area contributed by atoms with Gasteiger partial charge in [0.2, 0.25) is 0 Å². The first kappa shape index (κ1) is 15.3. The summed E-state index contributed by atoms with van der Waals surface area (Å²) in [6, 6.07) is -0.180. The molecule has 3 nitrogen and oxygen atoms in total. The Kier molecular flexibility index (Phi) is 5.87. The number of ketones is 2. The van der Waals surface area contributed by atoms with Gasteiger partial charge in [0.15, 0.2) is 0 Å². The van der Waals surface area contributed by atoms with Gasteiger partial charge in [-0.2, -0.15) is 0 Å². The van der Waals surface area contributed by atoms with Crippen molar-refractivity contribution in [3.8, 4) is 0 Å². The number of carbonyl (C=O) groups is 2. The maximum Gasteiger partial charge on any atom is 0.147 e. The fraction of sp³-hybridized carbons (Fsp3) is 0.846. The SMILES string of the molecule is CCC(CC(C)(C)C(NC)C(C)=O)C(C)=O. The number of rotatable bonds is 7. The summed E-state index contributed by atoms with van der Waals surface area (Å²) >= 11 is 0. The lowest BCUT2D eigenvalue weighted by molar-refractivity contribution is -0.125. The largest absolute Gasteiger partial charge is 0.310 e. The van der Waals surface area contributed by atoms with Gasteiger partial charge in [0, 0.05) is 5.92 Å². The number of likely N-dealkylation sites (N-methyl/N-ethyl adjacent to an activating group) is 1. The summed E-state index contributed by atoms with van der Waals surface area (Å²) in [6.07, 6.45) is 1.59. The lowest BCUT2D eigenvalue weighted by atomic mass is 9.74. The molecule has 0 amide bonds. The number of nitrogens with one attached hydrogen (secondary N) is 1. The highest BCUT2D eigenvalue weighted by Gasteiger charge is 2.34. The van der Waals surface area contributed by atoms with E-state index in [1.807, 2.05) is 20.8 Å². The van der Waals surface area contributed by atoms with E-state index >= 15 is 0 Å². The Bertz CT molecular complexity index is 259. The highest BCUT2D eigenvalue weighted by atomic mass is 16.1. The number of carbonyl (C=O) groups excluding carboxylic acids is 2. The third-order valence-corrected chi connectivity index (χ3v) is 3.32. The molecular weight excluding hydrogens is 202 g/mol. The molecule has 0 aliphatic rings. The predicted octanol–water partition coefficient (Wildman–Crippen LogP) is 2.19. The van der Waals surface area contributed by atoms with Crippen LogP contribution in [0.2, 0.25) is 0 Å². The zero-order valence-electron chi connectivity index (χ0n) is 11.4. The lowest BCUT2D eigenvalue weighted by Crippen LogP contribution is -2.46. The third kappa shape index (κ3) is 4.05. The second kappa shape index (κ2) is 6.14. The quantitative estimate of drug-likeness (QED) is 0.725. The summed E-state index contributed by atoms with van der Waals surface area (Å²) in [4.78, 5) is 22.9. The van der Waals surface area contributed by atoms with Gasteiger partial charge in [0.1, 0.15) is 11.6 Å². The van der Waals surface area contributed by atoms with Gasteiger partial charge in [-0.1, -0.05) is 20.8 Å². The van der Waals surface area contributed by atoms with Crippen LogP contribution in [0.1, 0.15) is 47.5 Å². The summed E-state index contributed by atoms with van der Waals surface area (Å²) in [7, 11) is 1.79. The van der Waals surface area contributed by atoms with E-state index in [1.54, 1.807) is 20.9 Å². The van der Waals surface area contributed by atoms with Crippen LogP contribution in [0, 0.1) is 11.3 Å². The molecule has 0 radical (unpaired) electrons. The molecule has 0 saturated carbocycles. The zero-order valence-corrected chi connectivity index (χ0v) is 11.4. The fourth-order valence-electron chi connectivity index (χ4n) is 2.47. The Morgan fingerprint density at radius 1 is 1.19 bits per heavy atom. The second-order valence-electron chi connectivity index (χ2n) is 5.24. The van der Waals surface area contributed by atoms with Crippen LogP contribution in [-0.4, -0.2) is 24.7 Å². The minimum Gasteiger partial charge on any atom is -0.310 e. The molecule has 94 valence electrons. The van der Waals surface area contributed by atoms with Gasteiger partial charge in [-0.05, 0) is 39.2 Å². The topological polar surface area (TPSA) is 46.2 Å². The van der Waals surface area contributed by atoms with Crippen molar-refractivity contribution in [2.24, 2.45) is 11.3 Å². The summed E-state index contributed by atoms with van der Waals surface area (Å²) in [6.45, 7) is 9.33. The predicted molar refractivity (Wildman–Crippen MR) is 66.4 cm³/mol. The molecule has 0 aromatic heterocycles. The molecule has 0 aliphatic carbocycles. The molecule has 0 aromatic rings. The van der Waals surface area contributed by atoms with E-state index in [2.05, 4.69) is 5.32 Å². The average molecular weight is 227 g/mol. The van der Waals surface area contributed by atoms with Gasteiger partial charge >= 0.3 is 0 Å². The van der Waals surface area contributed by atoms with Gasteiger partial charge in [0.25, 0.3) is 0 Å². The van der Waals surface area contributed by atoms with Gasteiger partial charge in [-0.3, -0.25) is 9.59 Å². The van der Waals surface area contributed by atoms with Gasteiger partial charge in [-0.15, -0.1) is 0 Å². The second-order valence-corrected chi connectivity index (χ2v) is 5.24. The zero-order chi connectivity index (χ0) is 12.9.